The number of nitrogens with zero attached hydrogens (tertiary/aromatic N) is 4. The average molecular weight is 372 g/mol. The third-order valence-electron chi connectivity index (χ3n) is 4.75. The lowest BCUT2D eigenvalue weighted by molar-refractivity contribution is 0.465. The molecule has 3 aromatic rings. The highest BCUT2D eigenvalue weighted by molar-refractivity contribution is 7.89. The first-order valence-corrected chi connectivity index (χ1v) is 9.79. The molecule has 0 bridgehead atoms. The number of aryl methyl sites for hydroxylation is 1. The first-order valence-electron chi connectivity index (χ1n) is 8.35. The molecule has 0 aliphatic rings. The highest BCUT2D eigenvalue weighted by Gasteiger charge is 2.22. The number of sulfonamides is 1. The van der Waals surface area contributed by atoms with Crippen molar-refractivity contribution in [3.63, 3.8) is 0 Å². The third-order valence-corrected chi connectivity index (χ3v) is 6.55. The minimum absolute atomic E-state index is 0.289. The van der Waals surface area contributed by atoms with Crippen LogP contribution >= 0.6 is 0 Å². The zero-order valence-corrected chi connectivity index (χ0v) is 16.6. The number of hydrogen-bond donors (Lipinski definition) is 0. The summed E-state index contributed by atoms with van der Waals surface area (Å²) in [5.41, 5.74) is 2.92. The van der Waals surface area contributed by atoms with Crippen LogP contribution in [-0.2, 0) is 23.6 Å². The number of rotatable bonds is 5. The van der Waals surface area contributed by atoms with E-state index in [1.807, 2.05) is 57.2 Å². The first kappa shape index (κ1) is 18.4. The second kappa shape index (κ2) is 6.74. The summed E-state index contributed by atoms with van der Waals surface area (Å²) in [6, 6.07) is 11.2. The maximum atomic E-state index is 13.0. The fourth-order valence-corrected chi connectivity index (χ4v) is 4.18. The van der Waals surface area contributed by atoms with E-state index in [4.69, 9.17) is 0 Å². The minimum Gasteiger partial charge on any atom is -0.377 e. The van der Waals surface area contributed by atoms with Crippen LogP contribution in [-0.4, -0.2) is 43.6 Å². The van der Waals surface area contributed by atoms with Gasteiger partial charge in [-0.1, -0.05) is 18.2 Å². The molecule has 1 aromatic heterocycles. The third kappa shape index (κ3) is 3.20. The summed E-state index contributed by atoms with van der Waals surface area (Å²) in [5, 5.41) is 6.12. The van der Waals surface area contributed by atoms with Crippen molar-refractivity contribution in [2.45, 2.75) is 18.4 Å². The zero-order chi connectivity index (χ0) is 19.1. The molecule has 138 valence electrons. The molecular formula is C19H24N4O2S. The van der Waals surface area contributed by atoms with Crippen molar-refractivity contribution in [1.29, 1.82) is 0 Å². The Kier molecular flexibility index (Phi) is 4.77. The van der Waals surface area contributed by atoms with Gasteiger partial charge in [-0.05, 0) is 30.5 Å². The Bertz CT molecular complexity index is 1050. The van der Waals surface area contributed by atoms with Crippen LogP contribution in [0.2, 0.25) is 0 Å². The molecule has 0 spiro atoms. The van der Waals surface area contributed by atoms with Gasteiger partial charge in [0, 0.05) is 57.1 Å². The Morgan fingerprint density at radius 1 is 1.12 bits per heavy atom. The maximum Gasteiger partial charge on any atom is 0.243 e. The van der Waals surface area contributed by atoms with Crippen LogP contribution in [0.15, 0.2) is 47.5 Å². The predicted octanol–water partition coefficient (Wildman–Crippen LogP) is 2.77. The largest absolute Gasteiger partial charge is 0.377 e. The van der Waals surface area contributed by atoms with Gasteiger partial charge in [0.1, 0.15) is 0 Å². The summed E-state index contributed by atoms with van der Waals surface area (Å²) < 4.78 is 29.1. The lowest BCUT2D eigenvalue weighted by atomic mass is 10.1. The van der Waals surface area contributed by atoms with Gasteiger partial charge >= 0.3 is 0 Å². The molecule has 3 rings (SSSR count). The Balaban J connectivity index is 1.97. The number of fused-ring (bicyclic) bond motifs is 1. The van der Waals surface area contributed by atoms with E-state index >= 15 is 0 Å². The van der Waals surface area contributed by atoms with Gasteiger partial charge in [0.15, 0.2) is 0 Å². The van der Waals surface area contributed by atoms with Crippen molar-refractivity contribution >= 4 is 26.5 Å². The number of hydrogen-bond acceptors (Lipinski definition) is 4. The summed E-state index contributed by atoms with van der Waals surface area (Å²) >= 11 is 0. The summed E-state index contributed by atoms with van der Waals surface area (Å²) in [5.74, 6) is 0. The quantitative estimate of drug-likeness (QED) is 0.691. The smallest absolute Gasteiger partial charge is 0.243 e. The van der Waals surface area contributed by atoms with Crippen LogP contribution in [0, 0.1) is 6.92 Å². The number of aromatic nitrogens is 2. The first-order chi connectivity index (χ1) is 12.2. The predicted molar refractivity (Wildman–Crippen MR) is 105 cm³/mol. The average Bonchev–Trinajstić information content (AvgIpc) is 2.92. The second-order valence-electron chi connectivity index (χ2n) is 6.69. The molecule has 7 heteroatoms. The number of benzene rings is 2. The van der Waals surface area contributed by atoms with E-state index in [-0.39, 0.29) is 6.54 Å². The van der Waals surface area contributed by atoms with Gasteiger partial charge in [0.2, 0.25) is 10.0 Å². The Labute approximate surface area is 154 Å². The van der Waals surface area contributed by atoms with Crippen molar-refractivity contribution in [3.8, 4) is 0 Å². The van der Waals surface area contributed by atoms with Crippen LogP contribution < -0.4 is 4.90 Å². The van der Waals surface area contributed by atoms with Crippen molar-refractivity contribution < 1.29 is 8.42 Å². The van der Waals surface area contributed by atoms with Crippen LogP contribution in [0.5, 0.6) is 0 Å². The topological polar surface area (TPSA) is 58.4 Å². The lowest BCUT2D eigenvalue weighted by Gasteiger charge is -2.19. The molecule has 0 aliphatic heterocycles. The van der Waals surface area contributed by atoms with E-state index in [0.717, 1.165) is 27.7 Å². The molecule has 0 amide bonds. The number of anilines is 1. The molecule has 6 nitrogen and oxygen atoms in total. The summed E-state index contributed by atoms with van der Waals surface area (Å²) in [6.45, 7) is 2.22. The highest BCUT2D eigenvalue weighted by Crippen LogP contribution is 2.28. The Hall–Kier alpha value is -2.38. The summed E-state index contributed by atoms with van der Waals surface area (Å²) in [7, 11) is 3.81. The van der Waals surface area contributed by atoms with E-state index in [9.17, 15) is 8.42 Å². The molecule has 1 heterocycles. The molecule has 0 aliphatic carbocycles. The molecule has 0 saturated carbocycles. The van der Waals surface area contributed by atoms with Crippen molar-refractivity contribution in [2.24, 2.45) is 7.05 Å². The summed E-state index contributed by atoms with van der Waals surface area (Å²) in [4.78, 5) is 2.32. The van der Waals surface area contributed by atoms with E-state index < -0.39 is 10.0 Å². The van der Waals surface area contributed by atoms with Crippen LogP contribution in [0.3, 0.4) is 0 Å². The van der Waals surface area contributed by atoms with Gasteiger partial charge in [-0.15, -0.1) is 0 Å². The maximum absolute atomic E-state index is 13.0. The molecule has 0 unspecified atom stereocenters. The van der Waals surface area contributed by atoms with Gasteiger partial charge < -0.3 is 4.90 Å². The Morgan fingerprint density at radius 2 is 1.85 bits per heavy atom. The molecule has 0 radical (unpaired) electrons. The highest BCUT2D eigenvalue weighted by atomic mass is 32.2. The Morgan fingerprint density at radius 3 is 2.46 bits per heavy atom. The minimum atomic E-state index is -3.59. The van der Waals surface area contributed by atoms with E-state index in [1.54, 1.807) is 30.1 Å². The fourth-order valence-electron chi connectivity index (χ4n) is 3.00. The fraction of sp³-hybridized carbons (Fsp3) is 0.316. The molecule has 0 atom stereocenters. The monoisotopic (exact) mass is 372 g/mol. The van der Waals surface area contributed by atoms with Gasteiger partial charge in [-0.2, -0.15) is 9.40 Å². The van der Waals surface area contributed by atoms with E-state index in [0.29, 0.717) is 4.90 Å². The van der Waals surface area contributed by atoms with Crippen molar-refractivity contribution in [2.75, 3.05) is 26.0 Å². The molecule has 0 N–H and O–H groups in total. The van der Waals surface area contributed by atoms with Crippen LogP contribution in [0.1, 0.15) is 11.3 Å². The standard InChI is InChI=1S/C19H24N4O2S/c1-14-16(12-20-23(14)5)13-22(4)26(24,25)17-9-10-18-15(11-17)7-6-8-19(18)21(2)3/h6-12H,13H2,1-5H3. The zero-order valence-electron chi connectivity index (χ0n) is 15.8. The van der Waals surface area contributed by atoms with Crippen LogP contribution in [0.4, 0.5) is 5.69 Å². The summed E-state index contributed by atoms with van der Waals surface area (Å²) in [6.07, 6.45) is 1.71. The van der Waals surface area contributed by atoms with E-state index in [1.165, 1.54) is 4.31 Å². The second-order valence-corrected chi connectivity index (χ2v) is 8.74. The van der Waals surface area contributed by atoms with Gasteiger partial charge in [0.05, 0.1) is 11.1 Å². The molecular weight excluding hydrogens is 348 g/mol. The van der Waals surface area contributed by atoms with Crippen molar-refractivity contribution in [3.05, 3.63) is 53.9 Å². The van der Waals surface area contributed by atoms with Gasteiger partial charge in [-0.3, -0.25) is 4.68 Å². The SMILES string of the molecule is Cc1c(CN(C)S(=O)(=O)c2ccc3c(N(C)C)cccc3c2)cnn1C. The van der Waals surface area contributed by atoms with Gasteiger partial charge in [0.25, 0.3) is 0 Å². The molecule has 0 saturated heterocycles. The van der Waals surface area contributed by atoms with Gasteiger partial charge in [-0.25, -0.2) is 8.42 Å². The molecule has 2 aromatic carbocycles. The molecule has 0 fully saturated rings. The van der Waals surface area contributed by atoms with Crippen LogP contribution in [0.25, 0.3) is 10.8 Å². The lowest BCUT2D eigenvalue weighted by Crippen LogP contribution is -2.26. The normalized spacial score (nSPS) is 12.1. The molecule has 26 heavy (non-hydrogen) atoms. The van der Waals surface area contributed by atoms with Crippen molar-refractivity contribution in [1.82, 2.24) is 14.1 Å². The van der Waals surface area contributed by atoms with E-state index in [2.05, 4.69) is 5.10 Å².